The lowest BCUT2D eigenvalue weighted by atomic mass is 10.2. The van der Waals surface area contributed by atoms with E-state index >= 15 is 0 Å². The van der Waals surface area contributed by atoms with Crippen LogP contribution in [0.25, 0.3) is 10.6 Å². The number of rotatable bonds is 9. The Morgan fingerprint density at radius 3 is 2.58 bits per heavy atom. The summed E-state index contributed by atoms with van der Waals surface area (Å²) in [6.07, 6.45) is -4.57. The summed E-state index contributed by atoms with van der Waals surface area (Å²) in [7, 11) is -3.97. The van der Waals surface area contributed by atoms with E-state index in [0.717, 1.165) is 22.1 Å². The number of thiophene rings is 1. The van der Waals surface area contributed by atoms with Crippen molar-refractivity contribution in [3.05, 3.63) is 53.7 Å². The summed E-state index contributed by atoms with van der Waals surface area (Å²) in [5, 5.41) is 3.94. The quantitative estimate of drug-likeness (QED) is 0.465. The van der Waals surface area contributed by atoms with Crippen LogP contribution in [-0.4, -0.2) is 36.8 Å². The van der Waals surface area contributed by atoms with Crippen molar-refractivity contribution in [2.75, 3.05) is 6.61 Å². The van der Waals surface area contributed by atoms with Crippen LogP contribution in [0.5, 0.6) is 5.75 Å². The van der Waals surface area contributed by atoms with E-state index in [9.17, 15) is 26.4 Å². The van der Waals surface area contributed by atoms with E-state index in [1.165, 1.54) is 31.2 Å². The molecule has 1 atom stereocenters. The van der Waals surface area contributed by atoms with Gasteiger partial charge >= 0.3 is 6.18 Å². The molecule has 0 fully saturated rings. The van der Waals surface area contributed by atoms with E-state index < -0.39 is 33.8 Å². The monoisotopic (exact) mass is 502 g/mol. The zero-order valence-electron chi connectivity index (χ0n) is 17.6. The molecule has 0 aliphatic rings. The summed E-state index contributed by atoms with van der Waals surface area (Å²) >= 11 is 0.803. The van der Waals surface area contributed by atoms with E-state index in [1.807, 2.05) is 0 Å². The molecule has 33 heavy (non-hydrogen) atoms. The highest BCUT2D eigenvalue weighted by molar-refractivity contribution is 7.91. The number of ether oxygens (including phenoxy) is 1. The number of carbonyl (C=O) groups is 1. The van der Waals surface area contributed by atoms with Crippen molar-refractivity contribution < 1.29 is 31.1 Å². The molecule has 2 heterocycles. The van der Waals surface area contributed by atoms with E-state index in [-0.39, 0.29) is 39.2 Å². The predicted octanol–water partition coefficient (Wildman–Crippen LogP) is 3.50. The van der Waals surface area contributed by atoms with E-state index in [2.05, 4.69) is 9.82 Å². The first-order chi connectivity index (χ1) is 15.4. The predicted molar refractivity (Wildman–Crippen MR) is 116 cm³/mol. The van der Waals surface area contributed by atoms with Crippen LogP contribution in [0.1, 0.15) is 29.9 Å². The van der Waals surface area contributed by atoms with Crippen molar-refractivity contribution in [1.29, 1.82) is 0 Å². The highest BCUT2D eigenvalue weighted by atomic mass is 32.2. The molecule has 0 bridgehead atoms. The molecular formula is C20H21F3N4O4S2. The third-order valence-corrected chi connectivity index (χ3v) is 7.66. The lowest BCUT2D eigenvalue weighted by Gasteiger charge is -2.15. The van der Waals surface area contributed by atoms with E-state index in [4.69, 9.17) is 10.5 Å². The largest absolute Gasteiger partial charge is 0.491 e. The second-order valence-electron chi connectivity index (χ2n) is 7.04. The number of hydrogen-bond donors (Lipinski definition) is 2. The molecule has 0 saturated carbocycles. The van der Waals surface area contributed by atoms with Gasteiger partial charge in [-0.05, 0) is 44.2 Å². The molecule has 2 aromatic heterocycles. The molecule has 3 aromatic rings. The van der Waals surface area contributed by atoms with Gasteiger partial charge in [-0.25, -0.2) is 13.1 Å². The van der Waals surface area contributed by atoms with Crippen molar-refractivity contribution in [2.24, 2.45) is 5.73 Å². The third-order valence-electron chi connectivity index (χ3n) is 4.47. The lowest BCUT2D eigenvalue weighted by molar-refractivity contribution is -0.144. The molecule has 1 aromatic carbocycles. The normalized spacial score (nSPS) is 13.1. The fourth-order valence-corrected chi connectivity index (χ4v) is 5.48. The number of halogens is 3. The van der Waals surface area contributed by atoms with Crippen LogP contribution >= 0.6 is 11.3 Å². The molecule has 8 nitrogen and oxygen atoms in total. The molecule has 3 N–H and O–H groups in total. The Morgan fingerprint density at radius 2 is 1.97 bits per heavy atom. The Hall–Kier alpha value is -2.90. The van der Waals surface area contributed by atoms with Crippen molar-refractivity contribution in [3.8, 4) is 16.3 Å². The maximum absolute atomic E-state index is 13.2. The maximum Gasteiger partial charge on any atom is 0.433 e. The van der Waals surface area contributed by atoms with Crippen LogP contribution in [0.3, 0.4) is 0 Å². The number of sulfonamides is 1. The highest BCUT2D eigenvalue weighted by Gasteiger charge is 2.36. The van der Waals surface area contributed by atoms with Crippen LogP contribution in [0, 0.1) is 0 Å². The summed E-state index contributed by atoms with van der Waals surface area (Å²) in [5.41, 5.74) is 4.59. The van der Waals surface area contributed by atoms with Gasteiger partial charge in [0, 0.05) is 6.54 Å². The van der Waals surface area contributed by atoms with Gasteiger partial charge in [0.1, 0.15) is 28.0 Å². The second kappa shape index (κ2) is 9.53. The molecule has 0 radical (unpaired) electrons. The van der Waals surface area contributed by atoms with Crippen LogP contribution in [-0.2, 0) is 22.7 Å². The van der Waals surface area contributed by atoms with Gasteiger partial charge in [-0.15, -0.1) is 11.3 Å². The third kappa shape index (κ3) is 5.72. The van der Waals surface area contributed by atoms with Gasteiger partial charge in [-0.2, -0.15) is 18.3 Å². The molecule has 3 rings (SSSR count). The van der Waals surface area contributed by atoms with Crippen LogP contribution in [0.15, 0.2) is 46.7 Å². The number of primary amides is 1. The molecule has 0 aliphatic carbocycles. The number of nitrogens with two attached hydrogens (primary N) is 1. The van der Waals surface area contributed by atoms with E-state index in [0.29, 0.717) is 0 Å². The maximum atomic E-state index is 13.2. The zero-order valence-corrected chi connectivity index (χ0v) is 19.2. The van der Waals surface area contributed by atoms with Crippen molar-refractivity contribution >= 4 is 27.3 Å². The van der Waals surface area contributed by atoms with Crippen LogP contribution in [0.4, 0.5) is 13.2 Å². The molecule has 178 valence electrons. The van der Waals surface area contributed by atoms with Crippen molar-refractivity contribution in [2.45, 2.75) is 36.8 Å². The zero-order chi connectivity index (χ0) is 24.4. The summed E-state index contributed by atoms with van der Waals surface area (Å²) in [6.45, 7) is 3.03. The van der Waals surface area contributed by atoms with Gasteiger partial charge in [0.25, 0.3) is 5.91 Å². The number of para-hydroxylation sites is 1. The van der Waals surface area contributed by atoms with Gasteiger partial charge in [-0.3, -0.25) is 9.48 Å². The van der Waals surface area contributed by atoms with Gasteiger partial charge in [0.2, 0.25) is 10.0 Å². The minimum atomic E-state index is -4.57. The van der Waals surface area contributed by atoms with Crippen molar-refractivity contribution in [3.63, 3.8) is 0 Å². The fourth-order valence-electron chi connectivity index (χ4n) is 2.98. The van der Waals surface area contributed by atoms with E-state index in [1.54, 1.807) is 19.1 Å². The molecular weight excluding hydrogens is 481 g/mol. The first kappa shape index (κ1) is 24.7. The fraction of sp³-hybridized carbons (Fsp3) is 0.300. The SMILES string of the molecule is CCn1nc(-c2ccc(S(=O)(=O)N[C@@H](C)COc3ccccc3C(N)=O)s2)cc1C(F)(F)F. The number of aryl methyl sites for hydroxylation is 1. The summed E-state index contributed by atoms with van der Waals surface area (Å²) in [5.74, 6) is -0.453. The van der Waals surface area contributed by atoms with Gasteiger partial charge in [0.15, 0.2) is 0 Å². The second-order valence-corrected chi connectivity index (χ2v) is 10.1. The molecule has 1 amide bonds. The minimum absolute atomic E-state index is 0.0172. The lowest BCUT2D eigenvalue weighted by Crippen LogP contribution is -2.36. The molecule has 13 heteroatoms. The number of nitrogens with zero attached hydrogens (tertiary/aromatic N) is 2. The van der Waals surface area contributed by atoms with Gasteiger partial charge in [0.05, 0.1) is 16.5 Å². The molecule has 0 saturated heterocycles. The number of amides is 1. The Labute approximate surface area is 192 Å². The number of aromatic nitrogens is 2. The van der Waals surface area contributed by atoms with Gasteiger partial charge < -0.3 is 10.5 Å². The minimum Gasteiger partial charge on any atom is -0.491 e. The highest BCUT2D eigenvalue weighted by Crippen LogP contribution is 2.35. The Bertz CT molecular complexity index is 1250. The average Bonchev–Trinajstić information content (AvgIpc) is 3.39. The summed E-state index contributed by atoms with van der Waals surface area (Å²) < 4.78 is 73.7. The Morgan fingerprint density at radius 1 is 1.27 bits per heavy atom. The number of alkyl halides is 3. The Balaban J connectivity index is 1.72. The smallest absolute Gasteiger partial charge is 0.433 e. The average molecular weight is 503 g/mol. The standard InChI is InChI=1S/C20H21F3N4O4S2/c1-3-27-17(20(21,22)23)10-14(25-27)16-8-9-18(32-16)33(29,30)26-12(2)11-31-15-7-5-4-6-13(15)19(24)28/h4-10,12,26H,3,11H2,1-2H3,(H2,24,28)/t12-/m0/s1. The first-order valence-corrected chi connectivity index (χ1v) is 12.0. The number of carbonyl (C=O) groups excluding carboxylic acids is 1. The number of nitrogens with one attached hydrogen (secondary N) is 1. The number of hydrogen-bond acceptors (Lipinski definition) is 6. The topological polar surface area (TPSA) is 116 Å². The first-order valence-electron chi connectivity index (χ1n) is 9.71. The molecule has 0 aliphatic heterocycles. The Kier molecular flexibility index (Phi) is 7.14. The summed E-state index contributed by atoms with van der Waals surface area (Å²) in [4.78, 5) is 11.7. The van der Waals surface area contributed by atoms with Gasteiger partial charge in [-0.1, -0.05) is 12.1 Å². The molecule has 0 unspecified atom stereocenters. The van der Waals surface area contributed by atoms with Crippen molar-refractivity contribution in [1.82, 2.24) is 14.5 Å². The van der Waals surface area contributed by atoms with Crippen LogP contribution < -0.4 is 15.2 Å². The summed E-state index contributed by atoms with van der Waals surface area (Å²) in [6, 6.07) is 9.22. The van der Waals surface area contributed by atoms with Crippen LogP contribution in [0.2, 0.25) is 0 Å². The molecule has 0 spiro atoms. The number of benzene rings is 1.